The predicted molar refractivity (Wildman–Crippen MR) is 105 cm³/mol. The van der Waals surface area contributed by atoms with Crippen molar-refractivity contribution in [3.8, 4) is 11.5 Å². The molecule has 1 aliphatic rings. The second kappa shape index (κ2) is 10.3. The van der Waals surface area contributed by atoms with Crippen LogP contribution >= 0.6 is 0 Å². The summed E-state index contributed by atoms with van der Waals surface area (Å²) in [4.78, 5) is 2.24. The van der Waals surface area contributed by atoms with E-state index < -0.39 is 6.10 Å². The number of hydrogen-bond donors (Lipinski definition) is 1. The van der Waals surface area contributed by atoms with E-state index >= 15 is 0 Å². The molecule has 0 unspecified atom stereocenters. The van der Waals surface area contributed by atoms with Gasteiger partial charge in [0, 0.05) is 26.2 Å². The molecule has 3 rings (SSSR count). The molecule has 0 spiro atoms. The largest absolute Gasteiger partial charge is 0.497 e. The van der Waals surface area contributed by atoms with Crippen molar-refractivity contribution in [3.63, 3.8) is 0 Å². The monoisotopic (exact) mass is 371 g/mol. The fourth-order valence-corrected chi connectivity index (χ4v) is 3.37. The fourth-order valence-electron chi connectivity index (χ4n) is 3.37. The Hall–Kier alpha value is -2.08. The van der Waals surface area contributed by atoms with Crippen LogP contribution in [0.2, 0.25) is 0 Å². The van der Waals surface area contributed by atoms with Gasteiger partial charge in [0.2, 0.25) is 0 Å². The zero-order valence-electron chi connectivity index (χ0n) is 15.9. The van der Waals surface area contributed by atoms with E-state index in [1.54, 1.807) is 7.11 Å². The molecule has 1 heterocycles. The maximum absolute atomic E-state index is 10.5. The first-order valence-electron chi connectivity index (χ1n) is 9.56. The third-order valence-electron chi connectivity index (χ3n) is 4.68. The molecule has 0 radical (unpaired) electrons. The molecule has 0 aliphatic carbocycles. The molecule has 27 heavy (non-hydrogen) atoms. The third-order valence-corrected chi connectivity index (χ3v) is 4.68. The molecule has 1 N–H and O–H groups in total. The molecule has 0 bridgehead atoms. The molecule has 0 amide bonds. The highest BCUT2D eigenvalue weighted by molar-refractivity contribution is 5.28. The van der Waals surface area contributed by atoms with E-state index in [9.17, 15) is 5.11 Å². The van der Waals surface area contributed by atoms with Gasteiger partial charge in [-0.05, 0) is 42.7 Å². The number of methoxy groups -OCH3 is 1. The van der Waals surface area contributed by atoms with Gasteiger partial charge in [-0.2, -0.15) is 0 Å². The van der Waals surface area contributed by atoms with Crippen LogP contribution in [0.5, 0.6) is 11.5 Å². The SMILES string of the molecule is COc1cccc(CN(C[C@@H](O)COc2ccccc2)C[C@@H]2CCCO2)c1. The minimum absolute atomic E-state index is 0.234. The molecular weight excluding hydrogens is 342 g/mol. The Balaban J connectivity index is 1.58. The molecule has 0 aromatic heterocycles. The summed E-state index contributed by atoms with van der Waals surface area (Å²) in [5.41, 5.74) is 1.16. The maximum Gasteiger partial charge on any atom is 0.119 e. The molecule has 146 valence electrons. The van der Waals surface area contributed by atoms with Crippen molar-refractivity contribution < 1.29 is 19.3 Å². The Morgan fingerprint density at radius 3 is 2.70 bits per heavy atom. The molecule has 1 saturated heterocycles. The van der Waals surface area contributed by atoms with Crippen LogP contribution in [0, 0.1) is 0 Å². The predicted octanol–water partition coefficient (Wildman–Crippen LogP) is 3.12. The smallest absolute Gasteiger partial charge is 0.119 e. The highest BCUT2D eigenvalue weighted by Crippen LogP contribution is 2.18. The van der Waals surface area contributed by atoms with E-state index in [-0.39, 0.29) is 12.7 Å². The van der Waals surface area contributed by atoms with Crippen molar-refractivity contribution in [2.24, 2.45) is 0 Å². The van der Waals surface area contributed by atoms with E-state index in [4.69, 9.17) is 14.2 Å². The van der Waals surface area contributed by atoms with Crippen LogP contribution < -0.4 is 9.47 Å². The maximum atomic E-state index is 10.5. The number of hydrogen-bond acceptors (Lipinski definition) is 5. The Labute approximate surface area is 161 Å². The molecule has 5 heteroatoms. The van der Waals surface area contributed by atoms with Crippen molar-refractivity contribution in [2.45, 2.75) is 31.6 Å². The lowest BCUT2D eigenvalue weighted by molar-refractivity contribution is 0.0313. The van der Waals surface area contributed by atoms with E-state index in [0.717, 1.165) is 49.6 Å². The molecule has 1 fully saturated rings. The summed E-state index contributed by atoms with van der Waals surface area (Å²) in [7, 11) is 1.67. The quantitative estimate of drug-likeness (QED) is 0.695. The highest BCUT2D eigenvalue weighted by atomic mass is 16.5. The van der Waals surface area contributed by atoms with Crippen molar-refractivity contribution in [1.82, 2.24) is 4.90 Å². The lowest BCUT2D eigenvalue weighted by Crippen LogP contribution is -2.39. The first kappa shape index (κ1) is 19.7. The molecule has 2 aromatic rings. The van der Waals surface area contributed by atoms with E-state index in [0.29, 0.717) is 6.54 Å². The topological polar surface area (TPSA) is 51.2 Å². The summed E-state index contributed by atoms with van der Waals surface area (Å²) in [6.45, 7) is 3.17. The Morgan fingerprint density at radius 2 is 1.96 bits per heavy atom. The van der Waals surface area contributed by atoms with Crippen LogP contribution in [0.3, 0.4) is 0 Å². The first-order valence-corrected chi connectivity index (χ1v) is 9.56. The van der Waals surface area contributed by atoms with Crippen LogP contribution in [0.4, 0.5) is 0 Å². The standard InChI is InChI=1S/C22H29NO4/c1-25-21-10-5-7-18(13-21)14-23(16-22-11-6-12-26-22)15-19(24)17-27-20-8-3-2-4-9-20/h2-5,7-10,13,19,22,24H,6,11-12,14-17H2,1H3/t19-,22+/m1/s1. The fraction of sp³-hybridized carbons (Fsp3) is 0.455. The summed E-state index contributed by atoms with van der Waals surface area (Å²) < 4.78 is 16.8. The second-order valence-corrected chi connectivity index (χ2v) is 6.96. The summed E-state index contributed by atoms with van der Waals surface area (Å²) >= 11 is 0. The average molecular weight is 371 g/mol. The van der Waals surface area contributed by atoms with E-state index in [2.05, 4.69) is 11.0 Å². The van der Waals surface area contributed by atoms with E-state index in [1.807, 2.05) is 48.5 Å². The Bertz CT molecular complexity index is 673. The number of nitrogens with zero attached hydrogens (tertiary/aromatic N) is 1. The van der Waals surface area contributed by atoms with Crippen LogP contribution in [0.15, 0.2) is 54.6 Å². The van der Waals surface area contributed by atoms with Crippen LogP contribution in [0.25, 0.3) is 0 Å². The minimum Gasteiger partial charge on any atom is -0.497 e. The lowest BCUT2D eigenvalue weighted by atomic mass is 10.1. The number of ether oxygens (including phenoxy) is 3. The summed E-state index contributed by atoms with van der Waals surface area (Å²) in [5.74, 6) is 1.62. The molecule has 1 aliphatic heterocycles. The lowest BCUT2D eigenvalue weighted by Gasteiger charge is -2.27. The van der Waals surface area contributed by atoms with Gasteiger partial charge in [0.05, 0.1) is 13.2 Å². The van der Waals surface area contributed by atoms with Crippen LogP contribution in [0.1, 0.15) is 18.4 Å². The number of aliphatic hydroxyl groups excluding tert-OH is 1. The van der Waals surface area contributed by atoms with Gasteiger partial charge in [-0.3, -0.25) is 4.90 Å². The molecule has 5 nitrogen and oxygen atoms in total. The number of benzene rings is 2. The van der Waals surface area contributed by atoms with Crippen molar-refractivity contribution in [3.05, 3.63) is 60.2 Å². The normalized spacial score (nSPS) is 17.8. The summed E-state index contributed by atoms with van der Waals surface area (Å²) in [5, 5.41) is 10.5. The van der Waals surface area contributed by atoms with Gasteiger partial charge in [-0.15, -0.1) is 0 Å². The van der Waals surface area contributed by atoms with Crippen molar-refractivity contribution in [1.29, 1.82) is 0 Å². The van der Waals surface area contributed by atoms with Gasteiger partial charge in [0.25, 0.3) is 0 Å². The van der Waals surface area contributed by atoms with Gasteiger partial charge >= 0.3 is 0 Å². The molecule has 2 atom stereocenters. The van der Waals surface area contributed by atoms with Crippen LogP contribution in [-0.4, -0.2) is 55.6 Å². The highest BCUT2D eigenvalue weighted by Gasteiger charge is 2.21. The molecule has 2 aromatic carbocycles. The summed E-state index contributed by atoms with van der Waals surface area (Å²) in [6, 6.07) is 17.6. The van der Waals surface area contributed by atoms with Gasteiger partial charge in [-0.1, -0.05) is 30.3 Å². The van der Waals surface area contributed by atoms with Crippen molar-refractivity contribution >= 4 is 0 Å². The Morgan fingerprint density at radius 1 is 1.15 bits per heavy atom. The first-order chi connectivity index (χ1) is 13.2. The van der Waals surface area contributed by atoms with Crippen LogP contribution in [-0.2, 0) is 11.3 Å². The summed E-state index contributed by atoms with van der Waals surface area (Å²) in [6.07, 6.45) is 1.85. The van der Waals surface area contributed by atoms with E-state index in [1.165, 1.54) is 0 Å². The zero-order chi connectivity index (χ0) is 18.9. The Kier molecular flexibility index (Phi) is 7.51. The number of rotatable bonds is 10. The van der Waals surface area contributed by atoms with Gasteiger partial charge < -0.3 is 19.3 Å². The molecular formula is C22H29NO4. The average Bonchev–Trinajstić information content (AvgIpc) is 3.20. The third kappa shape index (κ3) is 6.54. The van der Waals surface area contributed by atoms with Gasteiger partial charge in [0.15, 0.2) is 0 Å². The second-order valence-electron chi connectivity index (χ2n) is 6.96. The number of para-hydroxylation sites is 1. The van der Waals surface area contributed by atoms with Gasteiger partial charge in [-0.25, -0.2) is 0 Å². The number of aliphatic hydroxyl groups is 1. The zero-order valence-corrected chi connectivity index (χ0v) is 15.9. The van der Waals surface area contributed by atoms with Gasteiger partial charge in [0.1, 0.15) is 24.2 Å². The molecule has 0 saturated carbocycles. The van der Waals surface area contributed by atoms with Crippen molar-refractivity contribution in [2.75, 3.05) is 33.4 Å². The minimum atomic E-state index is -0.572.